The van der Waals surface area contributed by atoms with Gasteiger partial charge in [0.25, 0.3) is 0 Å². The summed E-state index contributed by atoms with van der Waals surface area (Å²) < 4.78 is 18.9. The van der Waals surface area contributed by atoms with Crippen LogP contribution in [0.5, 0.6) is 5.75 Å². The molecule has 3 heteroatoms. The van der Waals surface area contributed by atoms with Crippen LogP contribution in [0.15, 0.2) is 42.5 Å². The molecule has 2 aromatic carbocycles. The van der Waals surface area contributed by atoms with E-state index in [1.165, 1.54) is 12.1 Å². The van der Waals surface area contributed by atoms with Gasteiger partial charge in [0.2, 0.25) is 0 Å². The summed E-state index contributed by atoms with van der Waals surface area (Å²) in [5.74, 6) is 7.06. The first-order valence-electron chi connectivity index (χ1n) is 6.72. The molecule has 0 aliphatic carbocycles. The number of aryl methyl sites for hydroxylation is 1. The molecular weight excluding hydrogens is 287 g/mol. The lowest BCUT2D eigenvalue weighted by atomic mass is 10.1. The molecule has 0 atom stereocenters. The third-order valence-corrected chi connectivity index (χ3v) is 3.21. The minimum atomic E-state index is -0.233. The first-order chi connectivity index (χ1) is 10.2. The van der Waals surface area contributed by atoms with Gasteiger partial charge in [-0.2, -0.15) is 0 Å². The van der Waals surface area contributed by atoms with E-state index in [0.717, 1.165) is 22.4 Å². The molecule has 0 fully saturated rings. The van der Waals surface area contributed by atoms with Crippen LogP contribution in [0.3, 0.4) is 0 Å². The Balaban J connectivity index is 2.11. The van der Waals surface area contributed by atoms with Gasteiger partial charge in [-0.05, 0) is 42.3 Å². The summed E-state index contributed by atoms with van der Waals surface area (Å²) in [4.78, 5) is 0. The summed E-state index contributed by atoms with van der Waals surface area (Å²) in [7, 11) is 0. The number of hydrogen-bond acceptors (Lipinski definition) is 1. The maximum absolute atomic E-state index is 13.1. The van der Waals surface area contributed by atoms with Gasteiger partial charge in [-0.15, -0.1) is 11.6 Å². The van der Waals surface area contributed by atoms with Crippen molar-refractivity contribution in [2.75, 3.05) is 5.88 Å². The van der Waals surface area contributed by atoms with Gasteiger partial charge in [-0.3, -0.25) is 0 Å². The molecule has 1 nitrogen and oxygen atoms in total. The normalized spacial score (nSPS) is 9.86. The quantitative estimate of drug-likeness (QED) is 0.588. The van der Waals surface area contributed by atoms with Gasteiger partial charge in [0, 0.05) is 12.3 Å². The minimum Gasteiger partial charge on any atom is -0.488 e. The van der Waals surface area contributed by atoms with Crippen LogP contribution in [0.25, 0.3) is 0 Å². The third kappa shape index (κ3) is 4.51. The molecule has 0 bridgehead atoms. The summed E-state index contributed by atoms with van der Waals surface area (Å²) in [6.07, 6.45) is 0.646. The Labute approximate surface area is 129 Å². The van der Waals surface area contributed by atoms with Crippen molar-refractivity contribution in [3.05, 3.63) is 65.0 Å². The SMILES string of the molecule is Cc1cc(F)ccc1COc1ccccc1C#CCCCl. The number of rotatable bonds is 4. The zero-order valence-electron chi connectivity index (χ0n) is 11.8. The molecule has 0 aromatic heterocycles. The zero-order valence-corrected chi connectivity index (χ0v) is 12.6. The van der Waals surface area contributed by atoms with Crippen LogP contribution >= 0.6 is 11.6 Å². The van der Waals surface area contributed by atoms with Crippen molar-refractivity contribution >= 4 is 11.6 Å². The second kappa shape index (κ2) is 7.71. The molecule has 0 heterocycles. The molecule has 0 N–H and O–H groups in total. The Kier molecular flexibility index (Phi) is 5.66. The van der Waals surface area contributed by atoms with Crippen molar-refractivity contribution < 1.29 is 9.13 Å². The molecule has 0 saturated heterocycles. The lowest BCUT2D eigenvalue weighted by Gasteiger charge is -2.10. The maximum Gasteiger partial charge on any atom is 0.135 e. The molecule has 2 aromatic rings. The molecule has 0 spiro atoms. The first kappa shape index (κ1) is 15.4. The summed E-state index contributed by atoms with van der Waals surface area (Å²) in [6.45, 7) is 2.26. The highest BCUT2D eigenvalue weighted by Gasteiger charge is 2.04. The molecule has 0 aliphatic rings. The van der Waals surface area contributed by atoms with Crippen molar-refractivity contribution in [3.63, 3.8) is 0 Å². The highest BCUT2D eigenvalue weighted by Crippen LogP contribution is 2.19. The predicted molar refractivity (Wildman–Crippen MR) is 84.1 cm³/mol. The van der Waals surface area contributed by atoms with Gasteiger partial charge in [-0.25, -0.2) is 4.39 Å². The van der Waals surface area contributed by atoms with Gasteiger partial charge < -0.3 is 4.74 Å². The fourth-order valence-electron chi connectivity index (χ4n) is 1.88. The van der Waals surface area contributed by atoms with E-state index in [9.17, 15) is 4.39 Å². The Bertz CT molecular complexity index is 670. The van der Waals surface area contributed by atoms with E-state index in [2.05, 4.69) is 11.8 Å². The Hall–Kier alpha value is -1.98. The third-order valence-electron chi connectivity index (χ3n) is 3.02. The topological polar surface area (TPSA) is 9.23 Å². The van der Waals surface area contributed by atoms with E-state index in [1.54, 1.807) is 6.07 Å². The van der Waals surface area contributed by atoms with Crippen molar-refractivity contribution in [2.24, 2.45) is 0 Å². The molecule has 108 valence electrons. The van der Waals surface area contributed by atoms with E-state index in [4.69, 9.17) is 16.3 Å². The second-order valence-electron chi connectivity index (χ2n) is 4.60. The summed E-state index contributed by atoms with van der Waals surface area (Å²) in [5, 5.41) is 0. The Morgan fingerprint density at radius 3 is 2.76 bits per heavy atom. The molecule has 2 rings (SSSR count). The fraction of sp³-hybridized carbons (Fsp3) is 0.222. The number of para-hydroxylation sites is 1. The van der Waals surface area contributed by atoms with Crippen LogP contribution in [-0.2, 0) is 6.61 Å². The van der Waals surface area contributed by atoms with E-state index < -0.39 is 0 Å². The van der Waals surface area contributed by atoms with Gasteiger partial charge in [0.05, 0.1) is 5.56 Å². The summed E-state index contributed by atoms with van der Waals surface area (Å²) >= 11 is 5.61. The maximum atomic E-state index is 13.1. The average Bonchev–Trinajstić information content (AvgIpc) is 2.48. The molecule has 0 unspecified atom stereocenters. The van der Waals surface area contributed by atoms with Gasteiger partial charge in [-0.1, -0.05) is 30.0 Å². The summed E-state index contributed by atoms with van der Waals surface area (Å²) in [5.41, 5.74) is 2.67. The fourth-order valence-corrected chi connectivity index (χ4v) is 1.97. The molecule has 0 amide bonds. The zero-order chi connectivity index (χ0) is 15.1. The van der Waals surface area contributed by atoms with Crippen LogP contribution in [-0.4, -0.2) is 5.88 Å². The lowest BCUT2D eigenvalue weighted by molar-refractivity contribution is 0.304. The molecule has 21 heavy (non-hydrogen) atoms. The monoisotopic (exact) mass is 302 g/mol. The van der Waals surface area contributed by atoms with Crippen molar-refractivity contribution in [1.29, 1.82) is 0 Å². The molecule has 0 radical (unpaired) electrons. The van der Waals surface area contributed by atoms with Crippen LogP contribution in [0.4, 0.5) is 4.39 Å². The smallest absolute Gasteiger partial charge is 0.135 e. The van der Waals surface area contributed by atoms with Crippen LogP contribution in [0.2, 0.25) is 0 Å². The summed E-state index contributed by atoms with van der Waals surface area (Å²) in [6, 6.07) is 12.3. The van der Waals surface area contributed by atoms with Crippen molar-refractivity contribution in [3.8, 4) is 17.6 Å². The minimum absolute atomic E-state index is 0.233. The van der Waals surface area contributed by atoms with Gasteiger partial charge in [0.1, 0.15) is 18.2 Å². The number of ether oxygens (including phenoxy) is 1. The van der Waals surface area contributed by atoms with Crippen LogP contribution < -0.4 is 4.74 Å². The van der Waals surface area contributed by atoms with E-state index in [0.29, 0.717) is 18.9 Å². The number of alkyl halides is 1. The van der Waals surface area contributed by atoms with Crippen molar-refractivity contribution in [2.45, 2.75) is 20.0 Å². The van der Waals surface area contributed by atoms with Crippen LogP contribution in [0, 0.1) is 24.6 Å². The number of halogens is 2. The standard InChI is InChI=1S/C18H16ClFO/c1-14-12-17(20)10-9-16(14)13-21-18-8-3-2-6-15(18)7-4-5-11-19/h2-3,6,8-10,12H,5,11,13H2,1H3. The Morgan fingerprint density at radius 2 is 2.00 bits per heavy atom. The predicted octanol–water partition coefficient (Wildman–Crippen LogP) is 4.69. The van der Waals surface area contributed by atoms with Gasteiger partial charge >= 0.3 is 0 Å². The van der Waals surface area contributed by atoms with Crippen LogP contribution in [0.1, 0.15) is 23.1 Å². The second-order valence-corrected chi connectivity index (χ2v) is 4.97. The molecular formula is C18H16ClFO. The van der Waals surface area contributed by atoms with E-state index in [1.807, 2.05) is 31.2 Å². The average molecular weight is 303 g/mol. The highest BCUT2D eigenvalue weighted by atomic mass is 35.5. The Morgan fingerprint density at radius 1 is 1.19 bits per heavy atom. The van der Waals surface area contributed by atoms with Gasteiger partial charge in [0.15, 0.2) is 0 Å². The molecule has 0 aliphatic heterocycles. The first-order valence-corrected chi connectivity index (χ1v) is 7.26. The lowest BCUT2D eigenvalue weighted by Crippen LogP contribution is -1.99. The molecule has 0 saturated carbocycles. The van der Waals surface area contributed by atoms with E-state index >= 15 is 0 Å². The highest BCUT2D eigenvalue weighted by molar-refractivity contribution is 6.18. The van der Waals surface area contributed by atoms with Crippen molar-refractivity contribution in [1.82, 2.24) is 0 Å². The number of benzene rings is 2. The largest absolute Gasteiger partial charge is 0.488 e. The number of hydrogen-bond donors (Lipinski definition) is 0. The van der Waals surface area contributed by atoms with E-state index in [-0.39, 0.29) is 5.82 Å².